The molecule has 2 aliphatic rings. The van der Waals surface area contributed by atoms with Gasteiger partial charge in [0.25, 0.3) is 0 Å². The molecule has 3 heteroatoms. The molecule has 0 radical (unpaired) electrons. The van der Waals surface area contributed by atoms with Crippen LogP contribution in [0.15, 0.2) is 30.3 Å². The molecule has 2 N–H and O–H groups in total. The van der Waals surface area contributed by atoms with Crippen LogP contribution < -0.4 is 10.6 Å². The number of carbonyl (C=O) groups excluding carboxylic acids is 1. The number of rotatable bonds is 4. The molecule has 1 aromatic rings. The van der Waals surface area contributed by atoms with Crippen LogP contribution in [0.5, 0.6) is 0 Å². The van der Waals surface area contributed by atoms with E-state index in [4.69, 9.17) is 0 Å². The first kappa shape index (κ1) is 11.7. The maximum absolute atomic E-state index is 11.8. The topological polar surface area (TPSA) is 41.1 Å². The minimum absolute atomic E-state index is 0.0592. The van der Waals surface area contributed by atoms with E-state index in [1.807, 2.05) is 30.3 Å². The Morgan fingerprint density at radius 1 is 1.17 bits per heavy atom. The number of amides is 1. The molecular weight excluding hydrogens is 224 g/mol. The molecular formula is C15H20N2O. The minimum Gasteiger partial charge on any atom is -0.325 e. The number of carbonyl (C=O) groups is 1. The smallest absolute Gasteiger partial charge is 0.238 e. The molecule has 0 saturated heterocycles. The summed E-state index contributed by atoms with van der Waals surface area (Å²) in [6.07, 6.45) is 5.39. The number of benzene rings is 1. The monoisotopic (exact) mass is 244 g/mol. The molecule has 2 fully saturated rings. The van der Waals surface area contributed by atoms with Crippen LogP contribution in [0.4, 0.5) is 5.69 Å². The van der Waals surface area contributed by atoms with E-state index < -0.39 is 0 Å². The molecule has 3 nitrogen and oxygen atoms in total. The van der Waals surface area contributed by atoms with Gasteiger partial charge in [-0.1, -0.05) is 24.6 Å². The second-order valence-electron chi connectivity index (χ2n) is 5.58. The van der Waals surface area contributed by atoms with Gasteiger partial charge in [0.2, 0.25) is 5.91 Å². The average molecular weight is 244 g/mol. The maximum atomic E-state index is 11.8. The van der Waals surface area contributed by atoms with Crippen LogP contribution in [0.3, 0.4) is 0 Å². The van der Waals surface area contributed by atoms with Gasteiger partial charge in [0.1, 0.15) is 0 Å². The Morgan fingerprint density at radius 2 is 2.00 bits per heavy atom. The maximum Gasteiger partial charge on any atom is 0.238 e. The highest BCUT2D eigenvalue weighted by molar-refractivity contribution is 5.92. The molecule has 2 saturated carbocycles. The predicted molar refractivity (Wildman–Crippen MR) is 72.3 cm³/mol. The Balaban J connectivity index is 1.45. The van der Waals surface area contributed by atoms with Crippen LogP contribution in [-0.2, 0) is 4.79 Å². The van der Waals surface area contributed by atoms with Crippen LogP contribution in [0, 0.1) is 11.8 Å². The SMILES string of the molecule is O=C(CNC1CC2CCC1C2)Nc1ccccc1. The second kappa shape index (κ2) is 5.11. The molecule has 18 heavy (non-hydrogen) atoms. The molecule has 0 aliphatic heterocycles. The molecule has 2 bridgehead atoms. The van der Waals surface area contributed by atoms with E-state index in [0.29, 0.717) is 12.6 Å². The minimum atomic E-state index is 0.0592. The van der Waals surface area contributed by atoms with Crippen LogP contribution >= 0.6 is 0 Å². The molecule has 96 valence electrons. The van der Waals surface area contributed by atoms with Gasteiger partial charge in [0.15, 0.2) is 0 Å². The zero-order valence-electron chi connectivity index (χ0n) is 10.6. The summed E-state index contributed by atoms with van der Waals surface area (Å²) in [4.78, 5) is 11.8. The molecule has 0 heterocycles. The van der Waals surface area contributed by atoms with Gasteiger partial charge in [-0.05, 0) is 43.2 Å². The lowest BCUT2D eigenvalue weighted by Gasteiger charge is -2.22. The lowest BCUT2D eigenvalue weighted by Crippen LogP contribution is -2.39. The fourth-order valence-electron chi connectivity index (χ4n) is 3.45. The first-order valence-electron chi connectivity index (χ1n) is 6.89. The Morgan fingerprint density at radius 3 is 2.67 bits per heavy atom. The molecule has 3 unspecified atom stereocenters. The van der Waals surface area contributed by atoms with Gasteiger partial charge in [-0.15, -0.1) is 0 Å². The molecule has 1 aromatic carbocycles. The van der Waals surface area contributed by atoms with Gasteiger partial charge >= 0.3 is 0 Å². The first-order chi connectivity index (χ1) is 8.81. The molecule has 3 atom stereocenters. The lowest BCUT2D eigenvalue weighted by atomic mass is 9.95. The van der Waals surface area contributed by atoms with Crippen molar-refractivity contribution in [2.45, 2.75) is 31.7 Å². The summed E-state index contributed by atoms with van der Waals surface area (Å²) in [6.45, 7) is 0.433. The van der Waals surface area contributed by atoms with Crippen molar-refractivity contribution in [2.24, 2.45) is 11.8 Å². The number of nitrogens with one attached hydrogen (secondary N) is 2. The van der Waals surface area contributed by atoms with Gasteiger partial charge in [-0.25, -0.2) is 0 Å². The molecule has 0 aromatic heterocycles. The highest BCUT2D eigenvalue weighted by Gasteiger charge is 2.39. The zero-order valence-corrected chi connectivity index (χ0v) is 10.6. The van der Waals surface area contributed by atoms with Gasteiger partial charge < -0.3 is 10.6 Å². The van der Waals surface area contributed by atoms with Crippen LogP contribution in [0.25, 0.3) is 0 Å². The Bertz CT molecular complexity index is 418. The summed E-state index contributed by atoms with van der Waals surface area (Å²) >= 11 is 0. The Kier molecular flexibility index (Phi) is 3.33. The summed E-state index contributed by atoms with van der Waals surface area (Å²) in [5.41, 5.74) is 0.872. The third-order valence-electron chi connectivity index (χ3n) is 4.32. The number of para-hydroxylation sites is 1. The normalized spacial score (nSPS) is 29.4. The van der Waals surface area contributed by atoms with E-state index in [1.54, 1.807) is 0 Å². The number of hydrogen-bond acceptors (Lipinski definition) is 2. The van der Waals surface area contributed by atoms with Gasteiger partial charge in [0.05, 0.1) is 6.54 Å². The number of fused-ring (bicyclic) bond motifs is 2. The van der Waals surface area contributed by atoms with Crippen molar-refractivity contribution in [1.29, 1.82) is 0 Å². The van der Waals surface area contributed by atoms with E-state index in [0.717, 1.165) is 17.5 Å². The van der Waals surface area contributed by atoms with Crippen molar-refractivity contribution < 1.29 is 4.79 Å². The van der Waals surface area contributed by atoms with Crippen molar-refractivity contribution >= 4 is 11.6 Å². The Hall–Kier alpha value is -1.35. The quantitative estimate of drug-likeness (QED) is 0.854. The van der Waals surface area contributed by atoms with Crippen LogP contribution in [0.1, 0.15) is 25.7 Å². The second-order valence-corrected chi connectivity index (χ2v) is 5.58. The predicted octanol–water partition coefficient (Wildman–Crippen LogP) is 2.40. The third kappa shape index (κ3) is 2.56. The summed E-state index contributed by atoms with van der Waals surface area (Å²) in [7, 11) is 0. The fourth-order valence-corrected chi connectivity index (χ4v) is 3.45. The van der Waals surface area contributed by atoms with Crippen molar-refractivity contribution in [3.63, 3.8) is 0 Å². The number of hydrogen-bond donors (Lipinski definition) is 2. The highest BCUT2D eigenvalue weighted by atomic mass is 16.1. The van der Waals surface area contributed by atoms with Gasteiger partial charge in [0, 0.05) is 11.7 Å². The summed E-state index contributed by atoms with van der Waals surface area (Å²) < 4.78 is 0. The van der Waals surface area contributed by atoms with Crippen LogP contribution in [-0.4, -0.2) is 18.5 Å². The zero-order chi connectivity index (χ0) is 12.4. The Labute approximate surface area is 108 Å². The molecule has 1 amide bonds. The molecule has 3 rings (SSSR count). The highest BCUT2D eigenvalue weighted by Crippen LogP contribution is 2.44. The van der Waals surface area contributed by atoms with E-state index in [9.17, 15) is 4.79 Å². The van der Waals surface area contributed by atoms with Gasteiger partial charge in [-0.3, -0.25) is 4.79 Å². The molecule has 2 aliphatic carbocycles. The van der Waals surface area contributed by atoms with Crippen molar-refractivity contribution in [3.05, 3.63) is 30.3 Å². The summed E-state index contributed by atoms with van der Waals surface area (Å²) in [6, 6.07) is 10.2. The summed E-state index contributed by atoms with van der Waals surface area (Å²) in [5, 5.41) is 6.33. The number of anilines is 1. The van der Waals surface area contributed by atoms with Gasteiger partial charge in [-0.2, -0.15) is 0 Å². The van der Waals surface area contributed by atoms with Crippen molar-refractivity contribution in [3.8, 4) is 0 Å². The van der Waals surface area contributed by atoms with E-state index in [2.05, 4.69) is 10.6 Å². The fraction of sp³-hybridized carbons (Fsp3) is 0.533. The standard InChI is InChI=1S/C15H20N2O/c18-15(17-13-4-2-1-3-5-13)10-16-14-9-11-6-7-12(14)8-11/h1-5,11-12,14,16H,6-10H2,(H,17,18). The largest absolute Gasteiger partial charge is 0.325 e. The summed E-state index contributed by atoms with van der Waals surface area (Å²) in [5.74, 6) is 1.80. The third-order valence-corrected chi connectivity index (χ3v) is 4.32. The average Bonchev–Trinajstić information content (AvgIpc) is 3.00. The van der Waals surface area contributed by atoms with Crippen LogP contribution in [0.2, 0.25) is 0 Å². The lowest BCUT2D eigenvalue weighted by molar-refractivity contribution is -0.115. The first-order valence-corrected chi connectivity index (χ1v) is 6.89. The van der Waals surface area contributed by atoms with Crippen molar-refractivity contribution in [1.82, 2.24) is 5.32 Å². The van der Waals surface area contributed by atoms with Crippen molar-refractivity contribution in [2.75, 3.05) is 11.9 Å². The molecule has 0 spiro atoms. The van der Waals surface area contributed by atoms with E-state index >= 15 is 0 Å². The van der Waals surface area contributed by atoms with E-state index in [-0.39, 0.29) is 5.91 Å². The van der Waals surface area contributed by atoms with E-state index in [1.165, 1.54) is 25.7 Å².